The van der Waals surface area contributed by atoms with E-state index in [-0.39, 0.29) is 0 Å². The van der Waals surface area contributed by atoms with Gasteiger partial charge in [0, 0.05) is 62.4 Å². The summed E-state index contributed by atoms with van der Waals surface area (Å²) >= 11 is 0. The molecule has 1 aromatic heterocycles. The molecule has 0 radical (unpaired) electrons. The van der Waals surface area contributed by atoms with Crippen LogP contribution in [0.3, 0.4) is 0 Å². The quantitative estimate of drug-likeness (QED) is 0.793. The van der Waals surface area contributed by atoms with Gasteiger partial charge in [0.05, 0.1) is 0 Å². The molecule has 1 aromatic carbocycles. The molecule has 0 atom stereocenters. The molecule has 20 heavy (non-hydrogen) atoms. The van der Waals surface area contributed by atoms with Gasteiger partial charge in [-0.2, -0.15) is 0 Å². The van der Waals surface area contributed by atoms with E-state index < -0.39 is 0 Å². The Bertz CT molecular complexity index is 625. The Kier molecular flexibility index (Phi) is 3.04. The minimum Gasteiger partial charge on any atom is -0.381 e. The maximum Gasteiger partial charge on any atom is 0.0483 e. The van der Waals surface area contributed by atoms with E-state index in [1.165, 1.54) is 42.4 Å². The lowest BCUT2D eigenvalue weighted by atomic mass is 9.99. The number of para-hydroxylation sites is 1. The van der Waals surface area contributed by atoms with Gasteiger partial charge in [0.1, 0.15) is 0 Å². The molecular weight excluding hydrogens is 248 g/mol. The van der Waals surface area contributed by atoms with Crippen molar-refractivity contribution in [3.8, 4) is 0 Å². The average molecular weight is 270 g/mol. The molecule has 0 bridgehead atoms. The van der Waals surface area contributed by atoms with E-state index in [1.807, 2.05) is 0 Å². The maximum atomic E-state index is 5.50. The first-order valence-electron chi connectivity index (χ1n) is 7.71. The van der Waals surface area contributed by atoms with E-state index >= 15 is 0 Å². The van der Waals surface area contributed by atoms with Gasteiger partial charge in [0.25, 0.3) is 0 Å². The van der Waals surface area contributed by atoms with E-state index in [1.54, 1.807) is 5.56 Å². The van der Waals surface area contributed by atoms with Gasteiger partial charge in [-0.3, -0.25) is 4.90 Å². The third kappa shape index (κ3) is 1.88. The second kappa shape index (κ2) is 4.90. The molecule has 0 amide bonds. The lowest BCUT2D eigenvalue weighted by Crippen LogP contribution is -2.42. The smallest absolute Gasteiger partial charge is 0.0483 e. The van der Waals surface area contributed by atoms with Crippen molar-refractivity contribution >= 4 is 10.9 Å². The molecule has 3 heteroatoms. The summed E-state index contributed by atoms with van der Waals surface area (Å²) in [6.45, 7) is 4.18. The molecule has 0 unspecified atom stereocenters. The fraction of sp³-hybridized carbons (Fsp3) is 0.529. The largest absolute Gasteiger partial charge is 0.381 e. The Morgan fingerprint density at radius 2 is 1.95 bits per heavy atom. The molecule has 3 heterocycles. The summed E-state index contributed by atoms with van der Waals surface area (Å²) < 4.78 is 7.90. The van der Waals surface area contributed by atoms with Gasteiger partial charge >= 0.3 is 0 Å². The normalized spacial score (nSPS) is 21.2. The highest BCUT2D eigenvalue weighted by atomic mass is 16.5. The van der Waals surface area contributed by atoms with Gasteiger partial charge in [-0.25, -0.2) is 0 Å². The molecule has 3 nitrogen and oxygen atoms in total. The number of fused-ring (bicyclic) bond motifs is 3. The van der Waals surface area contributed by atoms with Crippen molar-refractivity contribution in [2.45, 2.75) is 31.8 Å². The number of ether oxygens (including phenoxy) is 1. The third-order valence-corrected chi connectivity index (χ3v) is 5.05. The zero-order valence-electron chi connectivity index (χ0n) is 12.1. The molecule has 2 aliphatic heterocycles. The first-order valence-corrected chi connectivity index (χ1v) is 7.71. The van der Waals surface area contributed by atoms with Crippen LogP contribution in [0.1, 0.15) is 24.1 Å². The first-order chi connectivity index (χ1) is 9.84. The predicted octanol–water partition coefficient (Wildman–Crippen LogP) is 2.72. The van der Waals surface area contributed by atoms with E-state index in [9.17, 15) is 0 Å². The highest BCUT2D eigenvalue weighted by molar-refractivity contribution is 5.85. The van der Waals surface area contributed by atoms with Crippen molar-refractivity contribution in [3.63, 3.8) is 0 Å². The zero-order chi connectivity index (χ0) is 13.5. The van der Waals surface area contributed by atoms with Crippen LogP contribution >= 0.6 is 0 Å². The van der Waals surface area contributed by atoms with E-state index in [2.05, 4.69) is 40.8 Å². The molecule has 1 saturated heterocycles. The average Bonchev–Trinajstić information content (AvgIpc) is 2.81. The number of nitrogens with zero attached hydrogens (tertiary/aromatic N) is 2. The van der Waals surface area contributed by atoms with E-state index in [0.29, 0.717) is 0 Å². The maximum absolute atomic E-state index is 5.50. The Hall–Kier alpha value is -1.32. The fourth-order valence-corrected chi connectivity index (χ4v) is 3.91. The molecule has 4 rings (SSSR count). The van der Waals surface area contributed by atoms with Crippen molar-refractivity contribution in [1.82, 2.24) is 9.47 Å². The third-order valence-electron chi connectivity index (χ3n) is 5.05. The topological polar surface area (TPSA) is 17.4 Å². The summed E-state index contributed by atoms with van der Waals surface area (Å²) in [5, 5.41) is 1.45. The number of hydrogen-bond acceptors (Lipinski definition) is 2. The van der Waals surface area contributed by atoms with Crippen LogP contribution in [-0.2, 0) is 24.8 Å². The highest BCUT2D eigenvalue weighted by Crippen LogP contribution is 2.31. The lowest BCUT2D eigenvalue weighted by Gasteiger charge is -2.37. The fourth-order valence-electron chi connectivity index (χ4n) is 3.91. The lowest BCUT2D eigenvalue weighted by molar-refractivity contribution is 0.0289. The van der Waals surface area contributed by atoms with Crippen LogP contribution < -0.4 is 0 Å². The van der Waals surface area contributed by atoms with E-state index in [0.717, 1.165) is 25.8 Å². The van der Waals surface area contributed by atoms with Crippen LogP contribution in [0, 0.1) is 0 Å². The molecule has 0 N–H and O–H groups in total. The molecule has 106 valence electrons. The predicted molar refractivity (Wildman–Crippen MR) is 80.9 cm³/mol. The summed E-state index contributed by atoms with van der Waals surface area (Å²) in [5.41, 5.74) is 4.47. The Morgan fingerprint density at radius 1 is 1.15 bits per heavy atom. The first kappa shape index (κ1) is 12.4. The number of aryl methyl sites for hydroxylation is 1. The Morgan fingerprint density at radius 3 is 2.80 bits per heavy atom. The number of benzene rings is 1. The van der Waals surface area contributed by atoms with Crippen LogP contribution in [0.5, 0.6) is 0 Å². The van der Waals surface area contributed by atoms with E-state index in [4.69, 9.17) is 4.74 Å². The van der Waals surface area contributed by atoms with Gasteiger partial charge in [0.15, 0.2) is 0 Å². The standard InChI is InChI=1S/C17H22N2O/c1-18-16-5-3-2-4-14(16)15-12-19(9-6-17(15)18)13-7-10-20-11-8-13/h2-5,13H,6-12H2,1H3. The molecule has 0 aliphatic carbocycles. The summed E-state index contributed by atoms with van der Waals surface area (Å²) in [6, 6.07) is 9.55. The van der Waals surface area contributed by atoms with Crippen LogP contribution in [0.25, 0.3) is 10.9 Å². The zero-order valence-corrected chi connectivity index (χ0v) is 12.1. The van der Waals surface area contributed by atoms with Crippen molar-refractivity contribution in [1.29, 1.82) is 0 Å². The molecular formula is C17H22N2O. The summed E-state index contributed by atoms with van der Waals surface area (Å²) in [4.78, 5) is 2.68. The van der Waals surface area contributed by atoms with Crippen LogP contribution in [0.2, 0.25) is 0 Å². The van der Waals surface area contributed by atoms with Gasteiger partial charge in [-0.1, -0.05) is 18.2 Å². The summed E-state index contributed by atoms with van der Waals surface area (Å²) in [6.07, 6.45) is 3.57. The number of aromatic nitrogens is 1. The molecule has 0 spiro atoms. The minimum absolute atomic E-state index is 0.718. The van der Waals surface area contributed by atoms with Crippen LogP contribution in [0.4, 0.5) is 0 Å². The second-order valence-electron chi connectivity index (χ2n) is 6.07. The number of rotatable bonds is 1. The van der Waals surface area contributed by atoms with Crippen molar-refractivity contribution < 1.29 is 4.74 Å². The van der Waals surface area contributed by atoms with Crippen LogP contribution in [-0.4, -0.2) is 35.3 Å². The minimum atomic E-state index is 0.718. The Labute approximate surface area is 120 Å². The van der Waals surface area contributed by atoms with Crippen molar-refractivity contribution in [2.24, 2.45) is 7.05 Å². The SMILES string of the molecule is Cn1c2c(c3ccccc31)CN(C1CCOCC1)CC2. The second-order valence-corrected chi connectivity index (χ2v) is 6.07. The van der Waals surface area contributed by atoms with Crippen molar-refractivity contribution in [2.75, 3.05) is 19.8 Å². The van der Waals surface area contributed by atoms with Gasteiger partial charge in [-0.05, 0) is 24.5 Å². The molecule has 0 saturated carbocycles. The molecule has 2 aromatic rings. The summed E-state index contributed by atoms with van der Waals surface area (Å²) in [5.74, 6) is 0. The monoisotopic (exact) mass is 270 g/mol. The molecule has 1 fully saturated rings. The van der Waals surface area contributed by atoms with Gasteiger partial charge in [0.2, 0.25) is 0 Å². The van der Waals surface area contributed by atoms with Gasteiger partial charge in [-0.15, -0.1) is 0 Å². The Balaban J connectivity index is 1.69. The summed E-state index contributed by atoms with van der Waals surface area (Å²) in [7, 11) is 2.21. The van der Waals surface area contributed by atoms with Crippen molar-refractivity contribution in [3.05, 3.63) is 35.5 Å². The van der Waals surface area contributed by atoms with Gasteiger partial charge < -0.3 is 9.30 Å². The molecule has 2 aliphatic rings. The highest BCUT2D eigenvalue weighted by Gasteiger charge is 2.28. The number of hydrogen-bond donors (Lipinski definition) is 0. The van der Waals surface area contributed by atoms with Crippen LogP contribution in [0.15, 0.2) is 24.3 Å².